The molecule has 0 saturated carbocycles. The second-order valence-corrected chi connectivity index (χ2v) is 4.88. The van der Waals surface area contributed by atoms with E-state index in [-0.39, 0.29) is 12.0 Å². The summed E-state index contributed by atoms with van der Waals surface area (Å²) in [4.78, 5) is 0. The van der Waals surface area contributed by atoms with E-state index in [1.807, 2.05) is 13.8 Å². The van der Waals surface area contributed by atoms with Crippen LogP contribution in [0.1, 0.15) is 33.1 Å². The number of halogens is 4. The van der Waals surface area contributed by atoms with E-state index in [1.54, 1.807) is 0 Å². The molecular formula is C10H19ClF3N. The van der Waals surface area contributed by atoms with Gasteiger partial charge in [-0.05, 0) is 18.3 Å². The Morgan fingerprint density at radius 1 is 1.13 bits per heavy atom. The van der Waals surface area contributed by atoms with Gasteiger partial charge in [0.15, 0.2) is 0 Å². The standard InChI is InChI=1S/C10H19ClF3N/c1-9(2,4-3-6-11)8-15-7-5-10(12,13)14/h15H,3-8H2,1-2H3. The fourth-order valence-corrected chi connectivity index (χ4v) is 1.42. The van der Waals surface area contributed by atoms with Gasteiger partial charge >= 0.3 is 6.18 Å². The molecule has 0 heterocycles. The summed E-state index contributed by atoms with van der Waals surface area (Å²) in [6.07, 6.45) is -3.00. The summed E-state index contributed by atoms with van der Waals surface area (Å²) in [5.74, 6) is 0.603. The molecule has 0 amide bonds. The predicted octanol–water partition coefficient (Wildman–Crippen LogP) is 3.57. The Morgan fingerprint density at radius 3 is 2.20 bits per heavy atom. The van der Waals surface area contributed by atoms with E-state index in [9.17, 15) is 13.2 Å². The Hall–Kier alpha value is 0.0400. The van der Waals surface area contributed by atoms with Crippen LogP contribution in [0.25, 0.3) is 0 Å². The van der Waals surface area contributed by atoms with Gasteiger partial charge in [-0.1, -0.05) is 13.8 Å². The van der Waals surface area contributed by atoms with Crippen molar-refractivity contribution in [3.63, 3.8) is 0 Å². The lowest BCUT2D eigenvalue weighted by Crippen LogP contribution is -2.32. The molecule has 0 aliphatic carbocycles. The monoisotopic (exact) mass is 245 g/mol. The molecule has 0 aromatic heterocycles. The highest BCUT2D eigenvalue weighted by Gasteiger charge is 2.26. The van der Waals surface area contributed by atoms with Crippen LogP contribution in [0.15, 0.2) is 0 Å². The molecule has 15 heavy (non-hydrogen) atoms. The normalized spacial score (nSPS) is 13.2. The number of alkyl halides is 4. The lowest BCUT2D eigenvalue weighted by molar-refractivity contribution is -0.133. The summed E-state index contributed by atoms with van der Waals surface area (Å²) >= 11 is 5.56. The summed E-state index contributed by atoms with van der Waals surface area (Å²) in [7, 11) is 0. The van der Waals surface area contributed by atoms with Crippen molar-refractivity contribution in [2.45, 2.75) is 39.3 Å². The van der Waals surface area contributed by atoms with E-state index in [4.69, 9.17) is 11.6 Å². The third-order valence-electron chi connectivity index (χ3n) is 2.18. The van der Waals surface area contributed by atoms with Gasteiger partial charge in [-0.25, -0.2) is 0 Å². The molecule has 0 rings (SSSR count). The first-order valence-corrected chi connectivity index (χ1v) is 5.64. The van der Waals surface area contributed by atoms with Crippen molar-refractivity contribution in [2.75, 3.05) is 19.0 Å². The third kappa shape index (κ3) is 10.3. The van der Waals surface area contributed by atoms with Crippen LogP contribution in [0.2, 0.25) is 0 Å². The number of hydrogen-bond acceptors (Lipinski definition) is 1. The molecule has 0 aromatic rings. The highest BCUT2D eigenvalue weighted by atomic mass is 35.5. The average molecular weight is 246 g/mol. The smallest absolute Gasteiger partial charge is 0.316 e. The maximum atomic E-state index is 11.8. The maximum Gasteiger partial charge on any atom is 0.390 e. The molecule has 0 fully saturated rings. The van der Waals surface area contributed by atoms with Crippen LogP contribution in [0.5, 0.6) is 0 Å². The minimum absolute atomic E-state index is 0.00615. The minimum Gasteiger partial charge on any atom is -0.316 e. The molecule has 1 N–H and O–H groups in total. The van der Waals surface area contributed by atoms with E-state index >= 15 is 0 Å². The fraction of sp³-hybridized carbons (Fsp3) is 1.00. The molecule has 0 aliphatic rings. The second-order valence-electron chi connectivity index (χ2n) is 4.50. The first-order valence-electron chi connectivity index (χ1n) is 5.10. The number of hydrogen-bond donors (Lipinski definition) is 1. The largest absolute Gasteiger partial charge is 0.390 e. The molecule has 0 saturated heterocycles. The van der Waals surface area contributed by atoms with Crippen LogP contribution in [0.4, 0.5) is 13.2 Å². The van der Waals surface area contributed by atoms with Crippen LogP contribution in [-0.4, -0.2) is 25.1 Å². The molecule has 0 aromatic carbocycles. The molecule has 0 radical (unpaired) electrons. The molecule has 0 spiro atoms. The Balaban J connectivity index is 3.57. The van der Waals surface area contributed by atoms with Gasteiger partial charge in [0.2, 0.25) is 0 Å². The van der Waals surface area contributed by atoms with Gasteiger partial charge in [0.05, 0.1) is 6.42 Å². The molecule has 0 bridgehead atoms. The minimum atomic E-state index is -4.06. The SMILES string of the molecule is CC(C)(CCCCl)CNCCC(F)(F)F. The van der Waals surface area contributed by atoms with Crippen molar-refractivity contribution in [3.05, 3.63) is 0 Å². The summed E-state index contributed by atoms with van der Waals surface area (Å²) in [5.41, 5.74) is 0.0144. The molecule has 0 atom stereocenters. The Kier molecular flexibility index (Phi) is 6.60. The van der Waals surface area contributed by atoms with E-state index in [0.29, 0.717) is 12.4 Å². The van der Waals surface area contributed by atoms with E-state index < -0.39 is 12.6 Å². The molecule has 1 nitrogen and oxygen atoms in total. The highest BCUT2D eigenvalue weighted by molar-refractivity contribution is 6.17. The zero-order valence-electron chi connectivity index (χ0n) is 9.25. The highest BCUT2D eigenvalue weighted by Crippen LogP contribution is 2.22. The van der Waals surface area contributed by atoms with E-state index in [1.165, 1.54) is 0 Å². The van der Waals surface area contributed by atoms with Gasteiger partial charge in [-0.2, -0.15) is 13.2 Å². The zero-order valence-corrected chi connectivity index (χ0v) is 10.0. The maximum absolute atomic E-state index is 11.8. The number of nitrogens with one attached hydrogen (secondary N) is 1. The van der Waals surface area contributed by atoms with Crippen molar-refractivity contribution in [1.82, 2.24) is 5.32 Å². The van der Waals surface area contributed by atoms with Gasteiger partial charge in [0.25, 0.3) is 0 Å². The van der Waals surface area contributed by atoms with Gasteiger partial charge in [0, 0.05) is 19.0 Å². The molecule has 0 unspecified atom stereocenters. The third-order valence-corrected chi connectivity index (χ3v) is 2.44. The summed E-state index contributed by atoms with van der Waals surface area (Å²) in [6, 6.07) is 0. The van der Waals surface area contributed by atoms with Gasteiger partial charge in [0.1, 0.15) is 0 Å². The molecule has 92 valence electrons. The molecule has 0 aliphatic heterocycles. The van der Waals surface area contributed by atoms with E-state index in [0.717, 1.165) is 12.8 Å². The summed E-state index contributed by atoms with van der Waals surface area (Å²) in [6.45, 7) is 4.65. The van der Waals surface area contributed by atoms with Crippen LogP contribution in [0.3, 0.4) is 0 Å². The molecule has 5 heteroatoms. The van der Waals surface area contributed by atoms with Crippen LogP contribution in [-0.2, 0) is 0 Å². The van der Waals surface area contributed by atoms with Crippen molar-refractivity contribution in [1.29, 1.82) is 0 Å². The zero-order chi connectivity index (χ0) is 11.9. The van der Waals surface area contributed by atoms with Crippen LogP contribution >= 0.6 is 11.6 Å². The fourth-order valence-electron chi connectivity index (χ4n) is 1.29. The summed E-state index contributed by atoms with van der Waals surface area (Å²) < 4.78 is 35.5. The lowest BCUT2D eigenvalue weighted by atomic mass is 9.88. The van der Waals surface area contributed by atoms with E-state index in [2.05, 4.69) is 5.32 Å². The first-order chi connectivity index (χ1) is 6.77. The van der Waals surface area contributed by atoms with Crippen molar-refractivity contribution in [2.24, 2.45) is 5.41 Å². The first kappa shape index (κ1) is 15.0. The quantitative estimate of drug-likeness (QED) is 0.534. The number of rotatable bonds is 7. The molecular weight excluding hydrogens is 227 g/mol. The second kappa shape index (κ2) is 6.59. The predicted molar refractivity (Wildman–Crippen MR) is 57.3 cm³/mol. The lowest BCUT2D eigenvalue weighted by Gasteiger charge is -2.24. The Morgan fingerprint density at radius 2 is 1.73 bits per heavy atom. The van der Waals surface area contributed by atoms with Crippen molar-refractivity contribution >= 4 is 11.6 Å². The topological polar surface area (TPSA) is 12.0 Å². The van der Waals surface area contributed by atoms with Gasteiger partial charge in [-0.3, -0.25) is 0 Å². The van der Waals surface area contributed by atoms with Gasteiger partial charge in [-0.15, -0.1) is 11.6 Å². The van der Waals surface area contributed by atoms with Crippen LogP contribution < -0.4 is 5.32 Å². The Labute approximate surface area is 94.4 Å². The van der Waals surface area contributed by atoms with Crippen LogP contribution in [0, 0.1) is 5.41 Å². The van der Waals surface area contributed by atoms with Crippen molar-refractivity contribution < 1.29 is 13.2 Å². The Bertz CT molecular complexity index is 169. The average Bonchev–Trinajstić information content (AvgIpc) is 2.08. The van der Waals surface area contributed by atoms with Gasteiger partial charge < -0.3 is 5.32 Å². The summed E-state index contributed by atoms with van der Waals surface area (Å²) in [5, 5.41) is 2.83. The van der Waals surface area contributed by atoms with Crippen molar-refractivity contribution in [3.8, 4) is 0 Å².